The Kier molecular flexibility index (Phi) is 7.99. The Balaban J connectivity index is 1.41. The number of aldehydes is 1. The molecule has 1 saturated carbocycles. The van der Waals surface area contributed by atoms with E-state index in [0.717, 1.165) is 25.7 Å². The highest BCUT2D eigenvalue weighted by molar-refractivity contribution is 6.35. The lowest BCUT2D eigenvalue weighted by Crippen LogP contribution is -2.53. The van der Waals surface area contributed by atoms with Crippen molar-refractivity contribution in [3.63, 3.8) is 0 Å². The maximum absolute atomic E-state index is 13.3. The summed E-state index contributed by atoms with van der Waals surface area (Å²) in [5.74, 6) is -0.408. The van der Waals surface area contributed by atoms with Crippen molar-refractivity contribution in [2.24, 2.45) is 17.8 Å². The lowest BCUT2D eigenvalue weighted by molar-refractivity contribution is -0.141. The zero-order valence-electron chi connectivity index (χ0n) is 18.8. The maximum Gasteiger partial charge on any atom is 0.261 e. The van der Waals surface area contributed by atoms with E-state index in [2.05, 4.69) is 10.6 Å². The van der Waals surface area contributed by atoms with Gasteiger partial charge in [-0.05, 0) is 62.1 Å². The largest absolute Gasteiger partial charge is 0.482 e. The molecular formula is C24H29Cl2N3O5. The van der Waals surface area contributed by atoms with E-state index in [0.29, 0.717) is 41.6 Å². The molecule has 1 aromatic carbocycles. The molecule has 184 valence electrons. The minimum Gasteiger partial charge on any atom is -0.482 e. The van der Waals surface area contributed by atoms with Crippen LogP contribution in [-0.2, 0) is 19.2 Å². The van der Waals surface area contributed by atoms with Gasteiger partial charge in [-0.25, -0.2) is 0 Å². The van der Waals surface area contributed by atoms with E-state index in [4.69, 9.17) is 27.9 Å². The second-order valence-corrected chi connectivity index (χ2v) is 10.2. The Hall–Kier alpha value is -2.32. The first-order valence-corrected chi connectivity index (χ1v) is 12.5. The third-order valence-electron chi connectivity index (χ3n) is 7.15. The Morgan fingerprint density at radius 2 is 2.06 bits per heavy atom. The molecule has 0 bridgehead atoms. The topological polar surface area (TPSA) is 105 Å². The third kappa shape index (κ3) is 5.49. The summed E-state index contributed by atoms with van der Waals surface area (Å²) in [5, 5.41) is 6.37. The number of nitrogens with one attached hydrogen (secondary N) is 2. The van der Waals surface area contributed by atoms with Crippen LogP contribution in [0.2, 0.25) is 10.0 Å². The number of nitrogens with zero attached hydrogens (tertiary/aromatic N) is 1. The van der Waals surface area contributed by atoms with Crippen molar-refractivity contribution in [2.75, 3.05) is 19.7 Å². The van der Waals surface area contributed by atoms with Gasteiger partial charge >= 0.3 is 0 Å². The number of rotatable bonds is 8. The molecule has 2 saturated heterocycles. The molecule has 4 rings (SSSR count). The molecule has 1 aliphatic carbocycles. The van der Waals surface area contributed by atoms with Crippen molar-refractivity contribution in [3.8, 4) is 5.75 Å². The SMILES string of the molecule is O=C[C@H](C[C@@H]1CCCNC1=O)NC(=O)[C@@H]1[C@H]2CCC[C@H]2CN1C(=O)COc1ccc(Cl)cc1Cl. The average molecular weight is 510 g/mol. The van der Waals surface area contributed by atoms with Gasteiger partial charge in [-0.2, -0.15) is 0 Å². The van der Waals surface area contributed by atoms with E-state index in [1.54, 1.807) is 17.0 Å². The van der Waals surface area contributed by atoms with Crippen LogP contribution in [-0.4, -0.2) is 60.7 Å². The van der Waals surface area contributed by atoms with Crippen LogP contribution in [0.5, 0.6) is 5.75 Å². The summed E-state index contributed by atoms with van der Waals surface area (Å²) in [6, 6.07) is 3.31. The van der Waals surface area contributed by atoms with Crippen LogP contribution in [0.3, 0.4) is 0 Å². The minimum absolute atomic E-state index is 0.0494. The van der Waals surface area contributed by atoms with Gasteiger partial charge in [-0.3, -0.25) is 14.4 Å². The molecule has 3 aliphatic rings. The fraction of sp³-hybridized carbons (Fsp3) is 0.583. The quantitative estimate of drug-likeness (QED) is 0.524. The first kappa shape index (κ1) is 24.8. The fourth-order valence-corrected chi connectivity index (χ4v) is 5.96. The van der Waals surface area contributed by atoms with Crippen molar-refractivity contribution < 1.29 is 23.9 Å². The highest BCUT2D eigenvalue weighted by atomic mass is 35.5. The van der Waals surface area contributed by atoms with Gasteiger partial charge < -0.3 is 25.1 Å². The number of carbonyl (C=O) groups is 4. The molecule has 0 radical (unpaired) electrons. The summed E-state index contributed by atoms with van der Waals surface area (Å²) in [6.07, 6.45) is 5.30. The number of hydrogen-bond donors (Lipinski definition) is 2. The predicted molar refractivity (Wildman–Crippen MR) is 127 cm³/mol. The van der Waals surface area contributed by atoms with E-state index in [1.807, 2.05) is 0 Å². The Bertz CT molecular complexity index is 959. The summed E-state index contributed by atoms with van der Waals surface area (Å²) >= 11 is 12.0. The molecule has 2 aliphatic heterocycles. The molecule has 5 atom stereocenters. The number of amides is 3. The first-order valence-electron chi connectivity index (χ1n) is 11.8. The Labute approximate surface area is 208 Å². The van der Waals surface area contributed by atoms with E-state index in [-0.39, 0.29) is 48.5 Å². The van der Waals surface area contributed by atoms with Crippen molar-refractivity contribution in [2.45, 2.75) is 50.6 Å². The standard InChI is InChI=1S/C24H29Cl2N3O5/c25-16-6-7-20(19(26)10-16)34-13-21(31)29-11-15-3-1-5-18(15)22(29)24(33)28-17(12-30)9-14-4-2-8-27-23(14)32/h6-7,10,12,14-15,17-18,22H,1-5,8-9,11,13H2,(H,27,32)(H,28,33)/t14-,15-,17-,18-,22-/m0/s1. The second kappa shape index (κ2) is 11.0. The van der Waals surface area contributed by atoms with Crippen molar-refractivity contribution in [3.05, 3.63) is 28.2 Å². The first-order chi connectivity index (χ1) is 16.4. The molecule has 1 aromatic rings. The van der Waals surface area contributed by atoms with E-state index in [1.165, 1.54) is 6.07 Å². The number of piperidine rings is 1. The van der Waals surface area contributed by atoms with Crippen LogP contribution in [0.4, 0.5) is 0 Å². The molecule has 34 heavy (non-hydrogen) atoms. The molecule has 10 heteroatoms. The number of fused-ring (bicyclic) bond motifs is 1. The molecule has 0 unspecified atom stereocenters. The maximum atomic E-state index is 13.3. The van der Waals surface area contributed by atoms with E-state index < -0.39 is 12.1 Å². The van der Waals surface area contributed by atoms with E-state index >= 15 is 0 Å². The van der Waals surface area contributed by atoms with Crippen LogP contribution in [0.1, 0.15) is 38.5 Å². The van der Waals surface area contributed by atoms with Crippen LogP contribution < -0.4 is 15.4 Å². The van der Waals surface area contributed by atoms with Crippen LogP contribution >= 0.6 is 23.2 Å². The molecule has 3 fully saturated rings. The zero-order chi connectivity index (χ0) is 24.2. The third-order valence-corrected chi connectivity index (χ3v) is 7.68. The predicted octanol–water partition coefficient (Wildman–Crippen LogP) is 2.60. The summed E-state index contributed by atoms with van der Waals surface area (Å²) in [4.78, 5) is 51.8. The fourth-order valence-electron chi connectivity index (χ4n) is 5.50. The average Bonchev–Trinajstić information content (AvgIpc) is 3.40. The molecule has 0 spiro atoms. The van der Waals surface area contributed by atoms with Gasteiger partial charge in [0.2, 0.25) is 11.8 Å². The molecule has 2 heterocycles. The van der Waals surface area contributed by atoms with Crippen LogP contribution in [0.15, 0.2) is 18.2 Å². The van der Waals surface area contributed by atoms with E-state index in [9.17, 15) is 19.2 Å². The summed E-state index contributed by atoms with van der Waals surface area (Å²) < 4.78 is 5.62. The van der Waals surface area contributed by atoms with Crippen molar-refractivity contribution >= 4 is 47.2 Å². The molecule has 3 amide bonds. The normalized spacial score (nSPS) is 27.0. The lowest BCUT2D eigenvalue weighted by Gasteiger charge is -2.29. The Morgan fingerprint density at radius 1 is 1.24 bits per heavy atom. The molecular weight excluding hydrogens is 481 g/mol. The monoisotopic (exact) mass is 509 g/mol. The van der Waals surface area contributed by atoms with Gasteiger partial charge in [0.15, 0.2) is 6.61 Å². The van der Waals surface area contributed by atoms with Crippen LogP contribution in [0.25, 0.3) is 0 Å². The lowest BCUT2D eigenvalue weighted by atomic mass is 9.91. The Morgan fingerprint density at radius 3 is 2.79 bits per heavy atom. The zero-order valence-corrected chi connectivity index (χ0v) is 20.3. The van der Waals surface area contributed by atoms with Crippen LogP contribution in [0, 0.1) is 17.8 Å². The molecule has 8 nitrogen and oxygen atoms in total. The highest BCUT2D eigenvalue weighted by Gasteiger charge is 2.49. The summed E-state index contributed by atoms with van der Waals surface area (Å²) in [7, 11) is 0. The number of carbonyl (C=O) groups excluding carboxylic acids is 4. The number of benzene rings is 1. The number of halogens is 2. The highest BCUT2D eigenvalue weighted by Crippen LogP contribution is 2.42. The summed E-state index contributed by atoms with van der Waals surface area (Å²) in [6.45, 7) is 0.860. The van der Waals surface area contributed by atoms with Gasteiger partial charge in [0.1, 0.15) is 18.1 Å². The number of likely N-dealkylation sites (tertiary alicyclic amines) is 1. The van der Waals surface area contributed by atoms with Crippen molar-refractivity contribution in [1.29, 1.82) is 0 Å². The van der Waals surface area contributed by atoms with Gasteiger partial charge in [-0.1, -0.05) is 29.6 Å². The second-order valence-electron chi connectivity index (χ2n) is 9.33. The van der Waals surface area contributed by atoms with Gasteiger partial charge in [0.25, 0.3) is 5.91 Å². The van der Waals surface area contributed by atoms with Gasteiger partial charge in [0, 0.05) is 24.0 Å². The molecule has 0 aromatic heterocycles. The minimum atomic E-state index is -0.775. The van der Waals surface area contributed by atoms with Crippen molar-refractivity contribution in [1.82, 2.24) is 15.5 Å². The summed E-state index contributed by atoms with van der Waals surface area (Å²) in [5.41, 5.74) is 0. The number of ether oxygens (including phenoxy) is 1. The van der Waals surface area contributed by atoms with Gasteiger partial charge in [-0.15, -0.1) is 0 Å². The molecule has 2 N–H and O–H groups in total. The number of hydrogen-bond acceptors (Lipinski definition) is 5. The smallest absolute Gasteiger partial charge is 0.261 e. The van der Waals surface area contributed by atoms with Gasteiger partial charge in [0.05, 0.1) is 11.1 Å².